The predicted molar refractivity (Wildman–Crippen MR) is 200 cm³/mol. The summed E-state index contributed by atoms with van der Waals surface area (Å²) in [6, 6.07) is 5.82. The Labute approximate surface area is 315 Å². The van der Waals surface area contributed by atoms with Crippen molar-refractivity contribution in [3.05, 3.63) is 46.8 Å². The van der Waals surface area contributed by atoms with Gasteiger partial charge in [-0.05, 0) is 75.3 Å². The van der Waals surface area contributed by atoms with Crippen molar-refractivity contribution in [1.82, 2.24) is 24.3 Å². The van der Waals surface area contributed by atoms with Crippen molar-refractivity contribution in [2.24, 2.45) is 29.1 Å². The summed E-state index contributed by atoms with van der Waals surface area (Å²) in [5.41, 5.74) is -1.59. The van der Waals surface area contributed by atoms with E-state index in [9.17, 15) is 37.2 Å². The molecule has 54 heavy (non-hydrogen) atoms. The number of nitrogens with zero attached hydrogens (tertiary/aromatic N) is 4. The van der Waals surface area contributed by atoms with Crippen LogP contribution in [0.25, 0.3) is 10.8 Å². The average molecular weight is 766 g/mol. The van der Waals surface area contributed by atoms with E-state index in [0.717, 1.165) is 6.42 Å². The van der Waals surface area contributed by atoms with Gasteiger partial charge in [0.25, 0.3) is 11.5 Å². The maximum atomic E-state index is 14.8. The van der Waals surface area contributed by atoms with Gasteiger partial charge in [-0.1, -0.05) is 38.1 Å². The highest BCUT2D eigenvalue weighted by molar-refractivity contribution is 7.90. The molecule has 0 radical (unpaired) electrons. The summed E-state index contributed by atoms with van der Waals surface area (Å²) in [7, 11) is -0.940. The van der Waals surface area contributed by atoms with Gasteiger partial charge in [0.1, 0.15) is 6.10 Å². The summed E-state index contributed by atoms with van der Waals surface area (Å²) in [5.74, 6) is -4.34. The van der Waals surface area contributed by atoms with Crippen molar-refractivity contribution in [3.63, 3.8) is 0 Å². The Morgan fingerprint density at radius 3 is 2.41 bits per heavy atom. The Kier molecular flexibility index (Phi) is 11.2. The topological polar surface area (TPSA) is 182 Å². The molecule has 3 fully saturated rings. The van der Waals surface area contributed by atoms with Gasteiger partial charge in [-0.3, -0.25) is 33.5 Å². The van der Waals surface area contributed by atoms with Gasteiger partial charge in [0, 0.05) is 45.8 Å². The number of carbonyl (C=O) groups excluding carboxylic acids is 5. The number of hydrogen-bond donors (Lipinski definition) is 1. The highest BCUT2D eigenvalue weighted by Gasteiger charge is 2.61. The minimum absolute atomic E-state index is 0.0342. The van der Waals surface area contributed by atoms with Crippen LogP contribution >= 0.6 is 0 Å². The lowest BCUT2D eigenvalue weighted by molar-refractivity contribution is -0.148. The van der Waals surface area contributed by atoms with Crippen LogP contribution in [-0.2, 0) is 40.5 Å². The summed E-state index contributed by atoms with van der Waals surface area (Å²) >= 11 is 0. The number of amides is 3. The Bertz CT molecular complexity index is 2040. The first kappa shape index (κ1) is 39.3. The lowest BCUT2D eigenvalue weighted by atomic mass is 9.81. The van der Waals surface area contributed by atoms with Crippen LogP contribution in [0.15, 0.2) is 41.2 Å². The van der Waals surface area contributed by atoms with E-state index in [-0.39, 0.29) is 68.0 Å². The number of fused-ring (bicyclic) bond motifs is 3. The molecule has 14 nitrogen and oxygen atoms in total. The minimum Gasteiger partial charge on any atom is -0.471 e. The van der Waals surface area contributed by atoms with E-state index >= 15 is 0 Å². The summed E-state index contributed by atoms with van der Waals surface area (Å²) < 4.78 is 35.8. The Hall–Kier alpha value is -4.40. The number of carbonyl (C=O) groups is 5. The van der Waals surface area contributed by atoms with Crippen LogP contribution in [0.4, 0.5) is 0 Å². The van der Waals surface area contributed by atoms with Crippen LogP contribution in [0.3, 0.4) is 0 Å². The third-order valence-corrected chi connectivity index (χ3v) is 13.4. The third-order valence-electron chi connectivity index (χ3n) is 11.6. The quantitative estimate of drug-likeness (QED) is 0.294. The summed E-state index contributed by atoms with van der Waals surface area (Å²) in [6.07, 6.45) is 5.76. The molecule has 3 amide bonds. The molecule has 1 aromatic carbocycles. The van der Waals surface area contributed by atoms with Crippen LogP contribution < -0.4 is 15.0 Å². The van der Waals surface area contributed by atoms with Crippen LogP contribution in [0.1, 0.15) is 78.6 Å². The van der Waals surface area contributed by atoms with E-state index in [1.54, 1.807) is 31.2 Å². The number of ketones is 2. The lowest BCUT2D eigenvalue weighted by Gasteiger charge is -2.32. The first-order valence-electron chi connectivity index (χ1n) is 19.0. The van der Waals surface area contributed by atoms with Gasteiger partial charge in [-0.25, -0.2) is 13.1 Å². The van der Waals surface area contributed by atoms with Crippen LogP contribution in [-0.4, -0.2) is 95.3 Å². The molecule has 2 aromatic rings. The number of hydrogen-bond acceptors (Lipinski definition) is 10. The molecule has 0 unspecified atom stereocenters. The monoisotopic (exact) mass is 765 g/mol. The molecular weight excluding hydrogens is 715 g/mol. The zero-order chi connectivity index (χ0) is 39.1. The van der Waals surface area contributed by atoms with Crippen molar-refractivity contribution in [2.75, 3.05) is 20.6 Å². The van der Waals surface area contributed by atoms with E-state index in [0.29, 0.717) is 36.5 Å². The summed E-state index contributed by atoms with van der Waals surface area (Å²) in [5, 5.41) is 4.72. The number of aryl methyl sites for hydroxylation is 1. The summed E-state index contributed by atoms with van der Waals surface area (Å²) in [6.45, 7) is 5.96. The van der Waals surface area contributed by atoms with Crippen molar-refractivity contribution >= 4 is 50.1 Å². The van der Waals surface area contributed by atoms with E-state index in [2.05, 4.69) is 16.7 Å². The van der Waals surface area contributed by atoms with Crippen LogP contribution in [0, 0.1) is 29.1 Å². The second-order valence-electron chi connectivity index (χ2n) is 16.0. The average Bonchev–Trinajstić information content (AvgIpc) is 4.06. The Balaban J connectivity index is 1.37. The van der Waals surface area contributed by atoms with E-state index in [1.165, 1.54) is 28.6 Å². The van der Waals surface area contributed by atoms with Gasteiger partial charge in [-0.15, -0.1) is 5.10 Å². The van der Waals surface area contributed by atoms with Gasteiger partial charge in [0.15, 0.2) is 5.78 Å². The summed E-state index contributed by atoms with van der Waals surface area (Å²) in [4.78, 5) is 84.8. The van der Waals surface area contributed by atoms with Crippen molar-refractivity contribution < 1.29 is 37.1 Å². The predicted octanol–water partition coefficient (Wildman–Crippen LogP) is 3.01. The molecule has 1 saturated heterocycles. The smallest absolute Gasteiger partial charge is 0.289 e. The van der Waals surface area contributed by atoms with Gasteiger partial charge in [0.05, 0.1) is 34.0 Å². The highest BCUT2D eigenvalue weighted by atomic mass is 32.2. The molecule has 1 N–H and O–H groups in total. The number of rotatable bonds is 9. The number of sulfonamides is 1. The van der Waals surface area contributed by atoms with E-state index < -0.39 is 68.0 Å². The zero-order valence-electron chi connectivity index (χ0n) is 31.7. The normalized spacial score (nSPS) is 29.7. The van der Waals surface area contributed by atoms with E-state index in [4.69, 9.17) is 4.74 Å². The molecule has 2 aliphatic heterocycles. The highest BCUT2D eigenvalue weighted by Crippen LogP contribution is 2.57. The molecular formula is C39H51N5O9S. The number of allylic oxidation sites excluding steroid dienone is 2. The second kappa shape index (κ2) is 15.4. The first-order chi connectivity index (χ1) is 25.6. The Morgan fingerprint density at radius 1 is 1.04 bits per heavy atom. The number of aromatic nitrogens is 2. The van der Waals surface area contributed by atoms with Gasteiger partial charge < -0.3 is 14.5 Å². The van der Waals surface area contributed by atoms with Gasteiger partial charge >= 0.3 is 0 Å². The minimum atomic E-state index is -3.89. The Morgan fingerprint density at radius 2 is 1.74 bits per heavy atom. The molecule has 1 aromatic heterocycles. The van der Waals surface area contributed by atoms with Crippen LogP contribution in [0.2, 0.25) is 0 Å². The number of Topliss-reactive ketones (excluding diaryl/α,β-unsaturated/α-hetero) is 2. The number of nitrogens with one attached hydrogen (secondary N) is 1. The fraction of sp³-hybridized carbons (Fsp3) is 0.615. The first-order valence-corrected chi connectivity index (χ1v) is 20.6. The molecule has 15 heteroatoms. The van der Waals surface area contributed by atoms with E-state index in [1.807, 2.05) is 19.1 Å². The molecule has 2 aliphatic carbocycles. The molecule has 3 heterocycles. The lowest BCUT2D eigenvalue weighted by Crippen LogP contribution is -2.48. The molecule has 0 spiro atoms. The van der Waals surface area contributed by atoms with Crippen molar-refractivity contribution in [1.29, 1.82) is 0 Å². The van der Waals surface area contributed by atoms with Gasteiger partial charge in [-0.2, -0.15) is 0 Å². The molecule has 6 rings (SSSR count). The molecule has 7 atom stereocenters. The third kappa shape index (κ3) is 8.01. The fourth-order valence-electron chi connectivity index (χ4n) is 8.19. The second-order valence-corrected chi connectivity index (χ2v) is 18.0. The molecule has 2 saturated carbocycles. The maximum Gasteiger partial charge on any atom is 0.289 e. The van der Waals surface area contributed by atoms with Crippen molar-refractivity contribution in [2.45, 2.75) is 102 Å². The van der Waals surface area contributed by atoms with Gasteiger partial charge in [0.2, 0.25) is 33.5 Å². The molecule has 4 aliphatic rings. The molecule has 0 bridgehead atoms. The number of benzene rings is 1. The SMILES string of the molecule is CCn1nc(O[C@@H]2C[C@H]3C(=O)C[C@]4(C(=O)NS(=O)(=O)C5CC5)C[C@H]4/C=C\CC[C@H](C)C[C@@H](C)[C@H](CC(=O)C(=O)N(C)C)C(=O)N3C2)c2ccccc2c1=O. The largest absolute Gasteiger partial charge is 0.471 e. The molecule has 292 valence electrons. The number of ether oxygens (including phenoxy) is 1. The fourth-order valence-corrected chi connectivity index (χ4v) is 9.57. The van der Waals surface area contributed by atoms with Crippen LogP contribution in [0.5, 0.6) is 5.88 Å². The maximum absolute atomic E-state index is 14.8. The number of likely N-dealkylation sites (N-methyl/N-ethyl adjacent to an activating group) is 1. The standard InChI is InChI=1S/C39H51N5O9S/c1-6-44-36(48)29-14-10-9-13-28(29)34(40-44)53-26-18-31-33(46)21-39(38(50)41-54(51,52)27-15-16-27)20-25(39)12-8-7-11-23(2)17-24(3)30(35(47)43(31)22-26)19-32(45)37(49)42(4)5/h8-10,12-14,23-27,30-31H,6-7,11,15-22H2,1-5H3,(H,41,50)/b12-8-/t23-,24+,25+,26+,30-,31-,39+/m0/s1. The zero-order valence-corrected chi connectivity index (χ0v) is 32.5. The van der Waals surface area contributed by atoms with Crippen molar-refractivity contribution in [3.8, 4) is 5.88 Å².